The number of rotatable bonds is 1. The van der Waals surface area contributed by atoms with Gasteiger partial charge in [-0.2, -0.15) is 0 Å². The first-order chi connectivity index (χ1) is 6.72. The number of aromatic amines is 1. The second-order valence-corrected chi connectivity index (χ2v) is 3.03. The molecule has 0 bridgehead atoms. The van der Waals surface area contributed by atoms with Crippen molar-refractivity contribution in [1.29, 1.82) is 0 Å². The lowest BCUT2D eigenvalue weighted by atomic mass is 10.1. The van der Waals surface area contributed by atoms with E-state index in [1.165, 1.54) is 0 Å². The van der Waals surface area contributed by atoms with E-state index in [0.29, 0.717) is 11.8 Å². The Kier molecular flexibility index (Phi) is 1.89. The molecule has 70 valence electrons. The van der Waals surface area contributed by atoms with Crippen molar-refractivity contribution < 1.29 is 4.79 Å². The van der Waals surface area contributed by atoms with Gasteiger partial charge in [-0.05, 0) is 19.1 Å². The molecular formula is C10H8N2O2. The Labute approximate surface area is 79.6 Å². The minimum Gasteiger partial charge on any atom is -0.321 e. The minimum absolute atomic E-state index is 0.133. The number of aryl methyl sites for hydroxylation is 1. The molecule has 1 N–H and O–H groups in total. The second-order valence-electron chi connectivity index (χ2n) is 3.03. The van der Waals surface area contributed by atoms with Crippen LogP contribution in [0.15, 0.2) is 23.1 Å². The summed E-state index contributed by atoms with van der Waals surface area (Å²) in [5.74, 6) is 0. The summed E-state index contributed by atoms with van der Waals surface area (Å²) < 4.78 is 0. The molecule has 2 rings (SSSR count). The quantitative estimate of drug-likeness (QED) is 0.680. The van der Waals surface area contributed by atoms with Crippen molar-refractivity contribution in [3.63, 3.8) is 0 Å². The van der Waals surface area contributed by atoms with Gasteiger partial charge >= 0.3 is 0 Å². The third-order valence-corrected chi connectivity index (χ3v) is 2.13. The molecule has 14 heavy (non-hydrogen) atoms. The standard InChI is InChI=1S/C10H8N2O2/c1-6-8-4-7(5-13)10(14)12-9(8)2-3-11-6/h2-5H,1H3,(H,12,14). The highest BCUT2D eigenvalue weighted by molar-refractivity contribution is 5.86. The Bertz CT molecular complexity index is 558. The van der Waals surface area contributed by atoms with Crippen LogP contribution in [0.3, 0.4) is 0 Å². The molecule has 0 aromatic carbocycles. The Morgan fingerprint density at radius 3 is 3.00 bits per heavy atom. The molecule has 0 aliphatic carbocycles. The number of hydrogen-bond donors (Lipinski definition) is 1. The van der Waals surface area contributed by atoms with Crippen LogP contribution in [0.2, 0.25) is 0 Å². The lowest BCUT2D eigenvalue weighted by molar-refractivity contribution is 0.112. The van der Waals surface area contributed by atoms with Gasteiger partial charge < -0.3 is 4.98 Å². The third kappa shape index (κ3) is 1.21. The van der Waals surface area contributed by atoms with Crippen LogP contribution in [-0.2, 0) is 0 Å². The maximum Gasteiger partial charge on any atom is 0.259 e. The number of fused-ring (bicyclic) bond motifs is 1. The summed E-state index contributed by atoms with van der Waals surface area (Å²) in [5, 5.41) is 0.800. The lowest BCUT2D eigenvalue weighted by Crippen LogP contribution is -2.11. The van der Waals surface area contributed by atoms with Crippen LogP contribution < -0.4 is 5.56 Å². The molecule has 0 atom stereocenters. The van der Waals surface area contributed by atoms with Gasteiger partial charge in [0, 0.05) is 17.3 Å². The number of nitrogens with zero attached hydrogens (tertiary/aromatic N) is 1. The molecule has 0 spiro atoms. The number of carbonyl (C=O) groups excluding carboxylic acids is 1. The predicted octanol–water partition coefficient (Wildman–Crippen LogP) is 1.04. The third-order valence-electron chi connectivity index (χ3n) is 2.13. The van der Waals surface area contributed by atoms with E-state index in [4.69, 9.17) is 0 Å². The van der Waals surface area contributed by atoms with Crippen LogP contribution >= 0.6 is 0 Å². The summed E-state index contributed by atoms with van der Waals surface area (Å²) >= 11 is 0. The minimum atomic E-state index is -0.363. The Morgan fingerprint density at radius 1 is 1.50 bits per heavy atom. The Morgan fingerprint density at radius 2 is 2.29 bits per heavy atom. The van der Waals surface area contributed by atoms with Gasteiger partial charge in [0.1, 0.15) is 0 Å². The topological polar surface area (TPSA) is 62.8 Å². The number of pyridine rings is 2. The fourth-order valence-electron chi connectivity index (χ4n) is 1.37. The van der Waals surface area contributed by atoms with Crippen LogP contribution in [0.4, 0.5) is 0 Å². The normalized spacial score (nSPS) is 10.4. The predicted molar refractivity (Wildman–Crippen MR) is 52.5 cm³/mol. The molecule has 0 aliphatic rings. The first-order valence-electron chi connectivity index (χ1n) is 4.16. The number of aromatic nitrogens is 2. The van der Waals surface area contributed by atoms with E-state index in [-0.39, 0.29) is 11.1 Å². The highest BCUT2D eigenvalue weighted by Crippen LogP contribution is 2.12. The van der Waals surface area contributed by atoms with Gasteiger partial charge in [0.15, 0.2) is 6.29 Å². The van der Waals surface area contributed by atoms with E-state index < -0.39 is 0 Å². The van der Waals surface area contributed by atoms with Crippen molar-refractivity contribution in [2.75, 3.05) is 0 Å². The van der Waals surface area contributed by atoms with Crippen LogP contribution in [0, 0.1) is 6.92 Å². The summed E-state index contributed by atoms with van der Waals surface area (Å²) in [5.41, 5.74) is 1.27. The Balaban J connectivity index is 2.94. The van der Waals surface area contributed by atoms with Gasteiger partial charge in [0.2, 0.25) is 0 Å². The Hall–Kier alpha value is -1.97. The maximum absolute atomic E-state index is 11.3. The molecule has 0 saturated carbocycles. The summed E-state index contributed by atoms with van der Waals surface area (Å²) in [6.45, 7) is 1.83. The zero-order valence-corrected chi connectivity index (χ0v) is 7.57. The van der Waals surface area contributed by atoms with Crippen molar-refractivity contribution in [3.8, 4) is 0 Å². The molecule has 4 nitrogen and oxygen atoms in total. The van der Waals surface area contributed by atoms with Crippen LogP contribution in [-0.4, -0.2) is 16.3 Å². The molecule has 0 saturated heterocycles. The van der Waals surface area contributed by atoms with Crippen molar-refractivity contribution in [2.45, 2.75) is 6.92 Å². The SMILES string of the molecule is Cc1nccc2[nH]c(=O)c(C=O)cc12. The fraction of sp³-hybridized carbons (Fsp3) is 0.100. The summed E-state index contributed by atoms with van der Waals surface area (Å²) in [6.07, 6.45) is 2.17. The molecule has 2 aromatic heterocycles. The lowest BCUT2D eigenvalue weighted by Gasteiger charge is -2.00. The van der Waals surface area contributed by atoms with Gasteiger partial charge in [0.05, 0.1) is 11.1 Å². The molecule has 0 aliphatic heterocycles. The van der Waals surface area contributed by atoms with Crippen molar-refractivity contribution in [3.05, 3.63) is 39.9 Å². The number of hydrogen-bond acceptors (Lipinski definition) is 3. The summed E-state index contributed by atoms with van der Waals surface area (Å²) in [7, 11) is 0. The van der Waals surface area contributed by atoms with E-state index in [2.05, 4.69) is 9.97 Å². The van der Waals surface area contributed by atoms with E-state index in [1.54, 1.807) is 18.3 Å². The summed E-state index contributed by atoms with van der Waals surface area (Å²) in [6, 6.07) is 3.27. The first-order valence-corrected chi connectivity index (χ1v) is 4.16. The summed E-state index contributed by atoms with van der Waals surface area (Å²) in [4.78, 5) is 28.5. The van der Waals surface area contributed by atoms with E-state index in [9.17, 15) is 9.59 Å². The molecule has 0 unspecified atom stereocenters. The molecule has 2 heterocycles. The van der Waals surface area contributed by atoms with E-state index in [0.717, 1.165) is 11.1 Å². The van der Waals surface area contributed by atoms with Gasteiger partial charge in [-0.1, -0.05) is 0 Å². The zero-order valence-electron chi connectivity index (χ0n) is 7.57. The molecule has 4 heteroatoms. The molecule has 2 aromatic rings. The highest BCUT2D eigenvalue weighted by Gasteiger charge is 2.03. The molecule has 0 fully saturated rings. The number of carbonyl (C=O) groups is 1. The molecule has 0 amide bonds. The number of nitrogens with one attached hydrogen (secondary N) is 1. The van der Waals surface area contributed by atoms with Crippen molar-refractivity contribution >= 4 is 17.2 Å². The van der Waals surface area contributed by atoms with Crippen LogP contribution in [0.5, 0.6) is 0 Å². The number of aldehydes is 1. The van der Waals surface area contributed by atoms with Crippen LogP contribution in [0.1, 0.15) is 16.1 Å². The highest BCUT2D eigenvalue weighted by atomic mass is 16.1. The van der Waals surface area contributed by atoms with Gasteiger partial charge in [-0.25, -0.2) is 0 Å². The van der Waals surface area contributed by atoms with Crippen molar-refractivity contribution in [2.24, 2.45) is 0 Å². The molecular weight excluding hydrogens is 180 g/mol. The van der Waals surface area contributed by atoms with E-state index >= 15 is 0 Å². The average Bonchev–Trinajstić information content (AvgIpc) is 2.17. The zero-order chi connectivity index (χ0) is 10.1. The number of H-pyrrole nitrogens is 1. The molecule has 0 radical (unpaired) electrons. The first kappa shape index (κ1) is 8.62. The average molecular weight is 188 g/mol. The monoisotopic (exact) mass is 188 g/mol. The van der Waals surface area contributed by atoms with Crippen molar-refractivity contribution in [1.82, 2.24) is 9.97 Å². The van der Waals surface area contributed by atoms with Gasteiger partial charge in [0.25, 0.3) is 5.56 Å². The van der Waals surface area contributed by atoms with E-state index in [1.807, 2.05) is 6.92 Å². The smallest absolute Gasteiger partial charge is 0.259 e. The second kappa shape index (κ2) is 3.06. The fourth-order valence-corrected chi connectivity index (χ4v) is 1.37. The van der Waals surface area contributed by atoms with Gasteiger partial charge in [-0.15, -0.1) is 0 Å². The van der Waals surface area contributed by atoms with Crippen LogP contribution in [0.25, 0.3) is 10.9 Å². The maximum atomic E-state index is 11.3. The van der Waals surface area contributed by atoms with Gasteiger partial charge in [-0.3, -0.25) is 14.6 Å². The largest absolute Gasteiger partial charge is 0.321 e.